The van der Waals surface area contributed by atoms with Gasteiger partial charge in [0.15, 0.2) is 0 Å². The third-order valence-electron chi connectivity index (χ3n) is 2.31. The summed E-state index contributed by atoms with van der Waals surface area (Å²) in [5.41, 5.74) is 0.665. The Balaban J connectivity index is 2.57. The molecule has 0 aliphatic carbocycles. The predicted molar refractivity (Wildman–Crippen MR) is 64.8 cm³/mol. The number of carbonyl (C=O) groups excluding carboxylic acids is 1. The summed E-state index contributed by atoms with van der Waals surface area (Å²) < 4.78 is 35.9. The zero-order valence-corrected chi connectivity index (χ0v) is 10.2. The van der Waals surface area contributed by atoms with Crippen LogP contribution in [0.4, 0.5) is 18.9 Å². The quantitative estimate of drug-likeness (QED) is 0.820. The molecule has 0 atom stereocenters. The molecule has 1 aromatic rings. The minimum atomic E-state index is -4.43. The first kappa shape index (κ1) is 15.3. The zero-order chi connectivity index (χ0) is 14.3. The highest BCUT2D eigenvalue weighted by molar-refractivity contribution is 5.81. The van der Waals surface area contributed by atoms with Gasteiger partial charge in [0.2, 0.25) is 5.91 Å². The number of alkyl halides is 3. The van der Waals surface area contributed by atoms with Gasteiger partial charge in [-0.15, -0.1) is 0 Å². The Hall–Kier alpha value is -1.76. The summed E-state index contributed by atoms with van der Waals surface area (Å²) >= 11 is 0. The van der Waals surface area contributed by atoms with Crippen molar-refractivity contribution in [1.82, 2.24) is 5.32 Å². The number of para-hydroxylation sites is 1. The average Bonchev–Trinajstić information content (AvgIpc) is 2.36. The van der Waals surface area contributed by atoms with E-state index in [-0.39, 0.29) is 19.7 Å². The Kier molecular flexibility index (Phi) is 5.62. The van der Waals surface area contributed by atoms with Crippen molar-refractivity contribution < 1.29 is 23.1 Å². The van der Waals surface area contributed by atoms with Crippen LogP contribution in [0.3, 0.4) is 0 Å². The molecule has 7 heteroatoms. The lowest BCUT2D eigenvalue weighted by Crippen LogP contribution is -2.42. The molecular formula is C12H15F3N2O2. The van der Waals surface area contributed by atoms with E-state index in [1.165, 1.54) is 4.90 Å². The van der Waals surface area contributed by atoms with Crippen molar-refractivity contribution in [3.63, 3.8) is 0 Å². The Morgan fingerprint density at radius 2 is 1.89 bits per heavy atom. The van der Waals surface area contributed by atoms with Gasteiger partial charge in [-0.25, -0.2) is 0 Å². The van der Waals surface area contributed by atoms with E-state index < -0.39 is 18.6 Å². The molecule has 0 unspecified atom stereocenters. The molecule has 0 aliphatic rings. The van der Waals surface area contributed by atoms with Crippen LogP contribution in [0.25, 0.3) is 0 Å². The Morgan fingerprint density at radius 1 is 1.26 bits per heavy atom. The molecule has 0 radical (unpaired) electrons. The second-order valence-electron chi connectivity index (χ2n) is 3.87. The second kappa shape index (κ2) is 6.98. The van der Waals surface area contributed by atoms with Gasteiger partial charge in [0.1, 0.15) is 6.54 Å². The molecule has 0 aromatic heterocycles. The number of nitrogens with zero attached hydrogens (tertiary/aromatic N) is 1. The fourth-order valence-corrected chi connectivity index (χ4v) is 1.49. The van der Waals surface area contributed by atoms with E-state index >= 15 is 0 Å². The highest BCUT2D eigenvalue weighted by atomic mass is 19.4. The van der Waals surface area contributed by atoms with Gasteiger partial charge in [0, 0.05) is 12.2 Å². The van der Waals surface area contributed by atoms with Crippen molar-refractivity contribution >= 4 is 11.6 Å². The molecule has 0 saturated carbocycles. The van der Waals surface area contributed by atoms with E-state index in [9.17, 15) is 18.0 Å². The van der Waals surface area contributed by atoms with Crippen LogP contribution in [0.15, 0.2) is 30.3 Å². The van der Waals surface area contributed by atoms with Gasteiger partial charge < -0.3 is 15.3 Å². The lowest BCUT2D eigenvalue weighted by Gasteiger charge is -2.23. The number of anilines is 1. The number of rotatable bonds is 6. The number of amides is 1. The van der Waals surface area contributed by atoms with E-state index in [4.69, 9.17) is 5.11 Å². The smallest absolute Gasteiger partial charge is 0.395 e. The number of carbonyl (C=O) groups is 1. The summed E-state index contributed by atoms with van der Waals surface area (Å²) in [5, 5.41) is 10.7. The molecule has 0 spiro atoms. The molecule has 0 heterocycles. The first-order valence-electron chi connectivity index (χ1n) is 5.66. The van der Waals surface area contributed by atoms with Crippen molar-refractivity contribution in [2.45, 2.75) is 6.18 Å². The Labute approximate surface area is 108 Å². The molecular weight excluding hydrogens is 261 g/mol. The van der Waals surface area contributed by atoms with Crippen molar-refractivity contribution in [2.24, 2.45) is 0 Å². The van der Waals surface area contributed by atoms with E-state index in [0.29, 0.717) is 5.69 Å². The Morgan fingerprint density at radius 3 is 2.42 bits per heavy atom. The zero-order valence-electron chi connectivity index (χ0n) is 10.2. The summed E-state index contributed by atoms with van der Waals surface area (Å²) in [6.45, 7) is -1.61. The van der Waals surface area contributed by atoms with Crippen molar-refractivity contribution in [1.29, 1.82) is 0 Å². The molecule has 1 aromatic carbocycles. The molecule has 1 rings (SSSR count). The number of benzene rings is 1. The largest absolute Gasteiger partial charge is 0.405 e. The summed E-state index contributed by atoms with van der Waals surface area (Å²) in [4.78, 5) is 12.9. The predicted octanol–water partition coefficient (Wildman–Crippen LogP) is 1.16. The number of hydrogen-bond donors (Lipinski definition) is 2. The third kappa shape index (κ3) is 6.10. The number of hydrogen-bond acceptors (Lipinski definition) is 3. The standard InChI is InChI=1S/C12H15F3N2O2/c13-12(14,15)9-16-11(19)8-17(6-7-18)10-4-2-1-3-5-10/h1-5,18H,6-9H2,(H,16,19). The van der Waals surface area contributed by atoms with Gasteiger partial charge in [-0.05, 0) is 12.1 Å². The highest BCUT2D eigenvalue weighted by Gasteiger charge is 2.27. The van der Waals surface area contributed by atoms with E-state index in [0.717, 1.165) is 0 Å². The van der Waals surface area contributed by atoms with Crippen LogP contribution in [0.2, 0.25) is 0 Å². The summed E-state index contributed by atoms with van der Waals surface area (Å²) in [5.74, 6) is -0.741. The summed E-state index contributed by atoms with van der Waals surface area (Å²) in [7, 11) is 0. The maximum Gasteiger partial charge on any atom is 0.405 e. The van der Waals surface area contributed by atoms with Crippen LogP contribution in [0, 0.1) is 0 Å². The monoisotopic (exact) mass is 276 g/mol. The van der Waals surface area contributed by atoms with E-state index in [2.05, 4.69) is 0 Å². The molecule has 1 amide bonds. The lowest BCUT2D eigenvalue weighted by molar-refractivity contribution is -0.137. The van der Waals surface area contributed by atoms with Gasteiger partial charge in [0.25, 0.3) is 0 Å². The third-order valence-corrected chi connectivity index (χ3v) is 2.31. The molecule has 0 aliphatic heterocycles. The van der Waals surface area contributed by atoms with E-state index in [1.54, 1.807) is 35.6 Å². The average molecular weight is 276 g/mol. The summed E-state index contributed by atoms with van der Waals surface area (Å²) in [6.07, 6.45) is -4.43. The molecule has 106 valence electrons. The highest BCUT2D eigenvalue weighted by Crippen LogP contribution is 2.13. The van der Waals surface area contributed by atoms with Crippen LogP contribution in [0.1, 0.15) is 0 Å². The van der Waals surface area contributed by atoms with E-state index in [1.807, 2.05) is 0 Å². The van der Waals surface area contributed by atoms with Crippen LogP contribution in [-0.4, -0.2) is 43.4 Å². The Bertz CT molecular complexity index is 396. The molecule has 0 bridgehead atoms. The fraction of sp³-hybridized carbons (Fsp3) is 0.417. The molecule has 19 heavy (non-hydrogen) atoms. The minimum absolute atomic E-state index is 0.170. The topological polar surface area (TPSA) is 52.6 Å². The fourth-order valence-electron chi connectivity index (χ4n) is 1.49. The molecule has 4 nitrogen and oxygen atoms in total. The lowest BCUT2D eigenvalue weighted by atomic mass is 10.3. The first-order valence-corrected chi connectivity index (χ1v) is 5.66. The van der Waals surface area contributed by atoms with Crippen LogP contribution >= 0.6 is 0 Å². The molecule has 0 saturated heterocycles. The number of aliphatic hydroxyl groups excluding tert-OH is 1. The van der Waals surface area contributed by atoms with Gasteiger partial charge in [-0.1, -0.05) is 18.2 Å². The van der Waals surface area contributed by atoms with Gasteiger partial charge in [-0.2, -0.15) is 13.2 Å². The van der Waals surface area contributed by atoms with Gasteiger partial charge >= 0.3 is 6.18 Å². The number of nitrogens with one attached hydrogen (secondary N) is 1. The SMILES string of the molecule is O=C(CN(CCO)c1ccccc1)NCC(F)(F)F. The number of aliphatic hydroxyl groups is 1. The maximum absolute atomic E-state index is 12.0. The van der Waals surface area contributed by atoms with Crippen LogP contribution in [0.5, 0.6) is 0 Å². The van der Waals surface area contributed by atoms with Crippen molar-refractivity contribution in [3.05, 3.63) is 30.3 Å². The first-order chi connectivity index (χ1) is 8.92. The minimum Gasteiger partial charge on any atom is -0.395 e. The van der Waals surface area contributed by atoms with Crippen molar-refractivity contribution in [2.75, 3.05) is 31.1 Å². The second-order valence-corrected chi connectivity index (χ2v) is 3.87. The number of halogens is 3. The maximum atomic E-state index is 12.0. The molecule has 2 N–H and O–H groups in total. The van der Waals surface area contributed by atoms with Crippen LogP contribution in [-0.2, 0) is 4.79 Å². The summed E-state index contributed by atoms with van der Waals surface area (Å²) in [6, 6.07) is 8.70. The van der Waals surface area contributed by atoms with Crippen molar-refractivity contribution in [3.8, 4) is 0 Å². The van der Waals surface area contributed by atoms with Gasteiger partial charge in [0.05, 0.1) is 13.2 Å². The van der Waals surface area contributed by atoms with Gasteiger partial charge in [-0.3, -0.25) is 4.79 Å². The van der Waals surface area contributed by atoms with Crippen LogP contribution < -0.4 is 10.2 Å². The normalized spacial score (nSPS) is 11.2. The molecule has 0 fully saturated rings.